The van der Waals surface area contributed by atoms with Crippen LogP contribution in [0.25, 0.3) is 0 Å². The number of rotatable bonds is 6. The lowest BCUT2D eigenvalue weighted by Gasteiger charge is -2.23. The Hall–Kier alpha value is -2.91. The summed E-state index contributed by atoms with van der Waals surface area (Å²) in [4.78, 5) is 23.9. The first-order valence-corrected chi connectivity index (χ1v) is 9.42. The molecule has 144 valence electrons. The zero-order valence-corrected chi connectivity index (χ0v) is 16.4. The van der Waals surface area contributed by atoms with E-state index in [1.807, 2.05) is 0 Å². The van der Waals surface area contributed by atoms with E-state index in [0.29, 0.717) is 28.1 Å². The Morgan fingerprint density at radius 2 is 1.59 bits per heavy atom. The van der Waals surface area contributed by atoms with E-state index >= 15 is 0 Å². The highest BCUT2D eigenvalue weighted by Gasteiger charge is 2.21. The molecule has 0 heterocycles. The molecule has 2 amide bonds. The van der Waals surface area contributed by atoms with Crippen molar-refractivity contribution in [1.29, 1.82) is 0 Å². The van der Waals surface area contributed by atoms with Crippen molar-refractivity contribution in [3.8, 4) is 0 Å². The monoisotopic (exact) mass is 390 g/mol. The van der Waals surface area contributed by atoms with Gasteiger partial charge in [0.15, 0.2) is 0 Å². The number of carbonyl (C=O) groups is 2. The number of nitrogens with zero attached hydrogens (tertiary/aromatic N) is 2. The Balaban J connectivity index is 2.22. The minimum Gasteiger partial charge on any atom is -0.366 e. The highest BCUT2D eigenvalue weighted by atomic mass is 32.2. The molecule has 0 aromatic heterocycles. The molecule has 8 nitrogen and oxygen atoms in total. The zero-order chi connectivity index (χ0) is 20.4. The van der Waals surface area contributed by atoms with Crippen LogP contribution < -0.4 is 15.4 Å². The summed E-state index contributed by atoms with van der Waals surface area (Å²) in [5.41, 5.74) is 7.47. The molecule has 3 N–H and O–H groups in total. The SMILES string of the molecule is Cc1c(NC(=O)c2ccc(N(C)S(=O)(=O)N(C)C)cc2)cccc1C(N)=O. The van der Waals surface area contributed by atoms with Crippen molar-refractivity contribution in [2.45, 2.75) is 6.92 Å². The van der Waals surface area contributed by atoms with Crippen LogP contribution in [0.2, 0.25) is 0 Å². The Kier molecular flexibility index (Phi) is 5.87. The van der Waals surface area contributed by atoms with E-state index in [-0.39, 0.29) is 5.91 Å². The molecule has 0 saturated carbocycles. The Morgan fingerprint density at radius 3 is 2.11 bits per heavy atom. The fraction of sp³-hybridized carbons (Fsp3) is 0.222. The standard InChI is InChI=1S/C18H22N4O4S/c1-12-15(17(19)23)6-5-7-16(12)20-18(24)13-8-10-14(11-9-13)22(4)27(25,26)21(2)3/h5-11H,1-4H3,(H2,19,23)(H,20,24). The van der Waals surface area contributed by atoms with Gasteiger partial charge in [0.2, 0.25) is 5.91 Å². The highest BCUT2D eigenvalue weighted by Crippen LogP contribution is 2.21. The van der Waals surface area contributed by atoms with E-state index in [1.54, 1.807) is 37.3 Å². The average Bonchev–Trinajstić information content (AvgIpc) is 2.62. The predicted molar refractivity (Wildman–Crippen MR) is 105 cm³/mol. The van der Waals surface area contributed by atoms with Gasteiger partial charge in [-0.15, -0.1) is 0 Å². The predicted octanol–water partition coefficient (Wildman–Crippen LogP) is 1.59. The van der Waals surface area contributed by atoms with Crippen molar-refractivity contribution in [3.05, 3.63) is 59.2 Å². The molecule has 0 aliphatic rings. The molecular formula is C18H22N4O4S. The molecule has 0 bridgehead atoms. The first-order chi connectivity index (χ1) is 12.6. The summed E-state index contributed by atoms with van der Waals surface area (Å²) in [5.74, 6) is -0.956. The van der Waals surface area contributed by atoms with Gasteiger partial charge in [0.25, 0.3) is 5.91 Å². The molecule has 0 radical (unpaired) electrons. The van der Waals surface area contributed by atoms with Crippen LogP contribution >= 0.6 is 0 Å². The number of benzene rings is 2. The van der Waals surface area contributed by atoms with E-state index in [0.717, 1.165) is 8.61 Å². The van der Waals surface area contributed by atoms with Crippen molar-refractivity contribution in [2.75, 3.05) is 30.8 Å². The number of anilines is 2. The zero-order valence-electron chi connectivity index (χ0n) is 15.6. The summed E-state index contributed by atoms with van der Waals surface area (Å²) < 4.78 is 26.5. The lowest BCUT2D eigenvalue weighted by Crippen LogP contribution is -2.37. The van der Waals surface area contributed by atoms with E-state index in [1.165, 1.54) is 33.3 Å². The van der Waals surface area contributed by atoms with Crippen LogP contribution in [0.3, 0.4) is 0 Å². The molecule has 2 rings (SSSR count). The molecule has 0 saturated heterocycles. The largest absolute Gasteiger partial charge is 0.366 e. The molecule has 0 atom stereocenters. The van der Waals surface area contributed by atoms with Crippen molar-refractivity contribution in [3.63, 3.8) is 0 Å². The van der Waals surface area contributed by atoms with Gasteiger partial charge in [-0.1, -0.05) is 6.07 Å². The highest BCUT2D eigenvalue weighted by molar-refractivity contribution is 7.90. The van der Waals surface area contributed by atoms with Crippen molar-refractivity contribution in [1.82, 2.24) is 4.31 Å². The van der Waals surface area contributed by atoms with Gasteiger partial charge >= 0.3 is 10.2 Å². The van der Waals surface area contributed by atoms with Crippen molar-refractivity contribution in [2.24, 2.45) is 5.73 Å². The molecule has 0 unspecified atom stereocenters. The van der Waals surface area contributed by atoms with Gasteiger partial charge in [-0.2, -0.15) is 12.7 Å². The maximum atomic E-state index is 12.5. The first-order valence-electron chi connectivity index (χ1n) is 8.03. The van der Waals surface area contributed by atoms with Gasteiger partial charge in [-0.25, -0.2) is 0 Å². The maximum Gasteiger partial charge on any atom is 0.303 e. The number of carbonyl (C=O) groups excluding carboxylic acids is 2. The lowest BCUT2D eigenvalue weighted by atomic mass is 10.1. The van der Waals surface area contributed by atoms with Crippen molar-refractivity contribution < 1.29 is 18.0 Å². The van der Waals surface area contributed by atoms with E-state index < -0.39 is 16.1 Å². The Morgan fingerprint density at radius 1 is 1.00 bits per heavy atom. The van der Waals surface area contributed by atoms with Crippen molar-refractivity contribution >= 4 is 33.4 Å². The van der Waals surface area contributed by atoms with E-state index in [2.05, 4.69) is 5.32 Å². The minimum absolute atomic E-state index is 0.332. The Labute approximate surface area is 158 Å². The second kappa shape index (κ2) is 7.77. The number of hydrogen-bond acceptors (Lipinski definition) is 4. The summed E-state index contributed by atoms with van der Waals surface area (Å²) in [7, 11) is 0.707. The summed E-state index contributed by atoms with van der Waals surface area (Å²) in [6.07, 6.45) is 0. The number of nitrogens with one attached hydrogen (secondary N) is 1. The Bertz CT molecular complexity index is 969. The van der Waals surface area contributed by atoms with Gasteiger partial charge in [0.1, 0.15) is 0 Å². The van der Waals surface area contributed by atoms with Gasteiger partial charge < -0.3 is 11.1 Å². The molecule has 9 heteroatoms. The lowest BCUT2D eigenvalue weighted by molar-refractivity contribution is 0.0995. The average molecular weight is 390 g/mol. The fourth-order valence-corrected chi connectivity index (χ4v) is 3.31. The fourth-order valence-electron chi connectivity index (χ4n) is 2.43. The summed E-state index contributed by atoms with van der Waals surface area (Å²) in [5, 5.41) is 2.73. The maximum absolute atomic E-state index is 12.5. The third-order valence-corrected chi connectivity index (χ3v) is 5.97. The van der Waals surface area contributed by atoms with Crippen LogP contribution in [0.5, 0.6) is 0 Å². The molecule has 2 aromatic rings. The molecule has 0 aliphatic carbocycles. The summed E-state index contributed by atoms with van der Waals surface area (Å²) >= 11 is 0. The third-order valence-electron chi connectivity index (χ3n) is 4.15. The van der Waals surface area contributed by atoms with Crippen LogP contribution in [-0.2, 0) is 10.2 Å². The van der Waals surface area contributed by atoms with Crippen LogP contribution in [0.15, 0.2) is 42.5 Å². The summed E-state index contributed by atoms with van der Waals surface area (Å²) in [6, 6.07) is 11.0. The molecule has 2 aromatic carbocycles. The summed E-state index contributed by atoms with van der Waals surface area (Å²) in [6.45, 7) is 1.69. The molecule has 0 spiro atoms. The number of primary amides is 1. The topological polar surface area (TPSA) is 113 Å². The second-order valence-corrected chi connectivity index (χ2v) is 8.27. The van der Waals surface area contributed by atoms with Crippen LogP contribution in [0.4, 0.5) is 11.4 Å². The first kappa shape index (κ1) is 20.4. The number of amides is 2. The molecule has 0 fully saturated rings. The van der Waals surface area contributed by atoms with Gasteiger partial charge in [0, 0.05) is 38.0 Å². The van der Waals surface area contributed by atoms with Crippen LogP contribution in [0.1, 0.15) is 26.3 Å². The normalized spacial score (nSPS) is 11.3. The van der Waals surface area contributed by atoms with E-state index in [9.17, 15) is 18.0 Å². The van der Waals surface area contributed by atoms with Gasteiger partial charge in [-0.3, -0.25) is 13.9 Å². The number of hydrogen-bond donors (Lipinski definition) is 2. The molecule has 27 heavy (non-hydrogen) atoms. The minimum atomic E-state index is -3.61. The van der Waals surface area contributed by atoms with E-state index in [4.69, 9.17) is 5.73 Å². The molecular weight excluding hydrogens is 368 g/mol. The molecule has 0 aliphatic heterocycles. The van der Waals surface area contributed by atoms with Crippen LogP contribution in [0, 0.1) is 6.92 Å². The van der Waals surface area contributed by atoms with Gasteiger partial charge in [0.05, 0.1) is 5.69 Å². The van der Waals surface area contributed by atoms with Gasteiger partial charge in [-0.05, 0) is 48.9 Å². The third kappa shape index (κ3) is 4.26. The smallest absolute Gasteiger partial charge is 0.303 e. The van der Waals surface area contributed by atoms with Crippen LogP contribution in [-0.4, -0.2) is 45.7 Å². The second-order valence-electron chi connectivity index (χ2n) is 6.10. The quantitative estimate of drug-likeness (QED) is 0.780. The number of nitrogens with two attached hydrogens (primary N) is 1.